The van der Waals surface area contributed by atoms with E-state index in [9.17, 15) is 9.59 Å². The van der Waals surface area contributed by atoms with E-state index in [0.29, 0.717) is 29.5 Å². The number of piperidine rings is 1. The number of rotatable bonds is 6. The molecule has 1 fully saturated rings. The highest BCUT2D eigenvalue weighted by atomic mass is 16.5. The first-order valence-corrected chi connectivity index (χ1v) is 10.7. The number of ether oxygens (including phenoxy) is 1. The molecule has 0 saturated carbocycles. The number of hydrogen-bond donors (Lipinski definition) is 1. The molecular formula is C25H32N2O3. The minimum atomic E-state index is -0.117. The lowest BCUT2D eigenvalue weighted by Gasteiger charge is -2.35. The van der Waals surface area contributed by atoms with Crippen molar-refractivity contribution in [2.45, 2.75) is 39.5 Å². The smallest absolute Gasteiger partial charge is 0.255 e. The van der Waals surface area contributed by atoms with Gasteiger partial charge in [0.1, 0.15) is 5.75 Å². The number of methoxy groups -OCH3 is 1. The van der Waals surface area contributed by atoms with Gasteiger partial charge in [-0.2, -0.15) is 0 Å². The molecule has 1 aliphatic rings. The molecule has 3 atom stereocenters. The molecule has 1 aliphatic heterocycles. The molecule has 1 N–H and O–H groups in total. The van der Waals surface area contributed by atoms with Crippen LogP contribution in [0, 0.1) is 11.8 Å². The van der Waals surface area contributed by atoms with E-state index in [-0.39, 0.29) is 17.7 Å². The number of hydrogen-bond acceptors (Lipinski definition) is 3. The summed E-state index contributed by atoms with van der Waals surface area (Å²) in [5, 5.41) is 2.96. The number of carbonyl (C=O) groups is 2. The lowest BCUT2D eigenvalue weighted by atomic mass is 9.91. The van der Waals surface area contributed by atoms with Crippen molar-refractivity contribution in [2.75, 3.05) is 25.5 Å². The number of nitrogens with zero attached hydrogens (tertiary/aromatic N) is 1. The van der Waals surface area contributed by atoms with Crippen LogP contribution in [-0.2, 0) is 4.79 Å². The van der Waals surface area contributed by atoms with E-state index in [1.165, 1.54) is 0 Å². The summed E-state index contributed by atoms with van der Waals surface area (Å²) < 4.78 is 5.42. The van der Waals surface area contributed by atoms with Gasteiger partial charge in [-0.05, 0) is 47.9 Å². The van der Waals surface area contributed by atoms with Crippen LogP contribution in [0.4, 0.5) is 5.69 Å². The molecular weight excluding hydrogens is 376 g/mol. The van der Waals surface area contributed by atoms with Crippen molar-refractivity contribution in [2.24, 2.45) is 11.8 Å². The first-order chi connectivity index (χ1) is 14.4. The highest BCUT2D eigenvalue weighted by Gasteiger charge is 2.27. The van der Waals surface area contributed by atoms with Crippen LogP contribution in [0.5, 0.6) is 5.75 Å². The van der Waals surface area contributed by atoms with Crippen molar-refractivity contribution < 1.29 is 14.3 Å². The molecule has 3 rings (SSSR count). The van der Waals surface area contributed by atoms with Gasteiger partial charge in [0.05, 0.1) is 18.4 Å². The van der Waals surface area contributed by atoms with E-state index in [4.69, 9.17) is 4.74 Å². The van der Waals surface area contributed by atoms with Crippen LogP contribution in [0.15, 0.2) is 48.5 Å². The van der Waals surface area contributed by atoms with Gasteiger partial charge >= 0.3 is 0 Å². The Morgan fingerprint density at radius 1 is 1.07 bits per heavy atom. The Labute approximate surface area is 179 Å². The molecule has 5 heteroatoms. The summed E-state index contributed by atoms with van der Waals surface area (Å²) in [5.74, 6) is 1.62. The fourth-order valence-electron chi connectivity index (χ4n) is 4.44. The van der Waals surface area contributed by atoms with Crippen molar-refractivity contribution in [1.82, 2.24) is 4.90 Å². The number of likely N-dealkylation sites (tertiary alicyclic amines) is 1. The summed E-state index contributed by atoms with van der Waals surface area (Å²) in [7, 11) is 1.63. The van der Waals surface area contributed by atoms with Crippen molar-refractivity contribution in [1.29, 1.82) is 0 Å². The number of anilines is 1. The topological polar surface area (TPSA) is 58.6 Å². The third kappa shape index (κ3) is 5.21. The minimum absolute atomic E-state index is 0.00666. The van der Waals surface area contributed by atoms with Crippen LogP contribution < -0.4 is 10.1 Å². The Hall–Kier alpha value is -2.82. The monoisotopic (exact) mass is 408 g/mol. The van der Waals surface area contributed by atoms with Gasteiger partial charge in [-0.25, -0.2) is 0 Å². The van der Waals surface area contributed by atoms with Crippen molar-refractivity contribution in [3.8, 4) is 5.75 Å². The Bertz CT molecular complexity index is 885. The molecule has 0 bridgehead atoms. The van der Waals surface area contributed by atoms with E-state index in [1.54, 1.807) is 19.2 Å². The molecule has 0 radical (unpaired) electrons. The molecule has 2 aromatic carbocycles. The lowest BCUT2D eigenvalue weighted by molar-refractivity contribution is -0.116. The molecule has 0 aromatic heterocycles. The quantitative estimate of drug-likeness (QED) is 0.736. The second kappa shape index (κ2) is 9.79. The summed E-state index contributed by atoms with van der Waals surface area (Å²) in [4.78, 5) is 27.9. The average molecular weight is 409 g/mol. The molecule has 5 nitrogen and oxygen atoms in total. The number of nitrogens with one attached hydrogen (secondary N) is 1. The normalized spacial score (nSPS) is 19.8. The highest BCUT2D eigenvalue weighted by molar-refractivity contribution is 6.03. The van der Waals surface area contributed by atoms with Crippen LogP contribution >= 0.6 is 0 Å². The number of benzene rings is 2. The van der Waals surface area contributed by atoms with Crippen molar-refractivity contribution >= 4 is 17.5 Å². The van der Waals surface area contributed by atoms with Crippen molar-refractivity contribution in [3.63, 3.8) is 0 Å². The van der Waals surface area contributed by atoms with E-state index in [0.717, 1.165) is 30.8 Å². The van der Waals surface area contributed by atoms with Crippen LogP contribution in [0.3, 0.4) is 0 Å². The predicted molar refractivity (Wildman–Crippen MR) is 120 cm³/mol. The average Bonchev–Trinajstić information content (AvgIpc) is 2.72. The van der Waals surface area contributed by atoms with Crippen molar-refractivity contribution in [3.05, 3.63) is 59.7 Å². The molecule has 0 aliphatic carbocycles. The van der Waals surface area contributed by atoms with Crippen LogP contribution in [0.1, 0.15) is 55.5 Å². The fourth-order valence-corrected chi connectivity index (χ4v) is 4.44. The van der Waals surface area contributed by atoms with Gasteiger partial charge in [-0.1, -0.05) is 51.1 Å². The zero-order valence-corrected chi connectivity index (χ0v) is 18.4. The second-order valence-corrected chi connectivity index (χ2v) is 8.60. The maximum absolute atomic E-state index is 13.2. The molecule has 2 aromatic rings. The van der Waals surface area contributed by atoms with E-state index in [1.807, 2.05) is 48.2 Å². The Morgan fingerprint density at radius 2 is 1.70 bits per heavy atom. The number of amides is 2. The van der Waals surface area contributed by atoms with Gasteiger partial charge in [0, 0.05) is 19.5 Å². The molecule has 1 heterocycles. The summed E-state index contributed by atoms with van der Waals surface area (Å²) in [6, 6.07) is 15.0. The van der Waals surface area contributed by atoms with Gasteiger partial charge in [0.15, 0.2) is 0 Å². The van der Waals surface area contributed by atoms with Crippen LogP contribution in [0.2, 0.25) is 0 Å². The standard InChI is InChI=1S/C25H32N2O3/c1-17-13-18(2)16-27(15-17)25(29)21-10-5-7-11-22(21)26-24(28)14-19(3)20-9-6-8-12-23(20)30-4/h5-12,17-19H,13-16H2,1-4H3,(H,26,28). The van der Waals surface area contributed by atoms with E-state index in [2.05, 4.69) is 19.2 Å². The number of carbonyl (C=O) groups excluding carboxylic acids is 2. The van der Waals surface area contributed by atoms with E-state index >= 15 is 0 Å². The summed E-state index contributed by atoms with van der Waals surface area (Å²) >= 11 is 0. The summed E-state index contributed by atoms with van der Waals surface area (Å²) in [6.45, 7) is 7.89. The summed E-state index contributed by atoms with van der Waals surface area (Å²) in [5.41, 5.74) is 2.12. The fraction of sp³-hybridized carbons (Fsp3) is 0.440. The molecule has 1 saturated heterocycles. The third-order valence-corrected chi connectivity index (χ3v) is 5.75. The van der Waals surface area contributed by atoms with Gasteiger partial charge in [-0.3, -0.25) is 9.59 Å². The SMILES string of the molecule is COc1ccccc1C(C)CC(=O)Nc1ccccc1C(=O)N1CC(C)CC(C)C1. The Kier molecular flexibility index (Phi) is 7.14. The van der Waals surface area contributed by atoms with Gasteiger partial charge in [-0.15, -0.1) is 0 Å². The molecule has 3 unspecified atom stereocenters. The summed E-state index contributed by atoms with van der Waals surface area (Å²) in [6.07, 6.45) is 1.45. The lowest BCUT2D eigenvalue weighted by Crippen LogP contribution is -2.42. The molecule has 2 amide bonds. The van der Waals surface area contributed by atoms with Gasteiger partial charge in [0.2, 0.25) is 5.91 Å². The maximum atomic E-state index is 13.2. The van der Waals surface area contributed by atoms with Gasteiger partial charge < -0.3 is 15.0 Å². The molecule has 30 heavy (non-hydrogen) atoms. The van der Waals surface area contributed by atoms with Crippen LogP contribution in [0.25, 0.3) is 0 Å². The zero-order valence-electron chi connectivity index (χ0n) is 18.4. The largest absolute Gasteiger partial charge is 0.496 e. The highest BCUT2D eigenvalue weighted by Crippen LogP contribution is 2.29. The second-order valence-electron chi connectivity index (χ2n) is 8.60. The van der Waals surface area contributed by atoms with E-state index < -0.39 is 0 Å². The molecule has 0 spiro atoms. The van der Waals surface area contributed by atoms with Gasteiger partial charge in [0.25, 0.3) is 5.91 Å². The Balaban J connectivity index is 1.71. The number of para-hydroxylation sites is 2. The first kappa shape index (κ1) is 21.9. The predicted octanol–water partition coefficient (Wildman–Crippen LogP) is 4.95. The zero-order chi connectivity index (χ0) is 21.7. The Morgan fingerprint density at radius 3 is 2.40 bits per heavy atom. The van der Waals surface area contributed by atoms with Crippen LogP contribution in [-0.4, -0.2) is 36.9 Å². The minimum Gasteiger partial charge on any atom is -0.496 e. The molecule has 160 valence electrons. The first-order valence-electron chi connectivity index (χ1n) is 10.7. The third-order valence-electron chi connectivity index (χ3n) is 5.75. The maximum Gasteiger partial charge on any atom is 0.255 e.